The fourth-order valence-electron chi connectivity index (χ4n) is 2.74. The van der Waals surface area contributed by atoms with Gasteiger partial charge in [0.25, 0.3) is 5.56 Å². The molecule has 2 aromatic rings. The second-order valence-corrected chi connectivity index (χ2v) is 7.42. The number of para-hydroxylation sites is 1. The summed E-state index contributed by atoms with van der Waals surface area (Å²) in [4.78, 5) is 27.5. The molecule has 0 bridgehead atoms. The monoisotopic (exact) mass is 349 g/mol. The van der Waals surface area contributed by atoms with E-state index in [1.54, 1.807) is 6.07 Å². The lowest BCUT2D eigenvalue weighted by Crippen LogP contribution is -2.32. The van der Waals surface area contributed by atoms with E-state index >= 15 is 0 Å². The number of aromatic nitrogens is 2. The molecule has 1 aromatic heterocycles. The van der Waals surface area contributed by atoms with Gasteiger partial charge in [-0.15, -0.1) is 0 Å². The van der Waals surface area contributed by atoms with Crippen LogP contribution in [-0.2, 0) is 11.3 Å². The predicted molar refractivity (Wildman–Crippen MR) is 96.5 cm³/mol. The number of fused-ring (bicyclic) bond motifs is 1. The second-order valence-electron chi connectivity index (χ2n) is 5.62. The summed E-state index contributed by atoms with van der Waals surface area (Å²) in [5.74, 6) is 1.15. The molecular formula is C16H19N3O2S2. The zero-order valence-electron chi connectivity index (χ0n) is 12.7. The van der Waals surface area contributed by atoms with Crippen molar-refractivity contribution >= 4 is 40.8 Å². The summed E-state index contributed by atoms with van der Waals surface area (Å²) in [6.07, 6.45) is 2.65. The molecule has 0 saturated carbocycles. The lowest BCUT2D eigenvalue weighted by atomic mass is 10.2. The number of carbonyl (C=O) groups excluding carboxylic acids is 1. The van der Waals surface area contributed by atoms with Gasteiger partial charge in [0.2, 0.25) is 5.91 Å². The molecule has 0 radical (unpaired) electrons. The van der Waals surface area contributed by atoms with Crippen molar-refractivity contribution in [2.24, 2.45) is 0 Å². The maximum absolute atomic E-state index is 12.5. The van der Waals surface area contributed by atoms with Gasteiger partial charge in [0.15, 0.2) is 4.77 Å². The highest BCUT2D eigenvalue weighted by Crippen LogP contribution is 2.25. The van der Waals surface area contributed by atoms with Crippen LogP contribution < -0.4 is 10.9 Å². The van der Waals surface area contributed by atoms with Gasteiger partial charge in [0.1, 0.15) is 0 Å². The van der Waals surface area contributed by atoms with E-state index in [1.165, 1.54) is 23.2 Å². The molecule has 1 aliphatic heterocycles. The van der Waals surface area contributed by atoms with E-state index < -0.39 is 0 Å². The maximum Gasteiger partial charge on any atom is 0.262 e. The third-order valence-corrected chi connectivity index (χ3v) is 5.72. The molecular weight excluding hydrogens is 330 g/mol. The molecule has 7 heteroatoms. The first-order valence-corrected chi connectivity index (χ1v) is 9.21. The third kappa shape index (κ3) is 3.84. The number of rotatable bonds is 5. The Morgan fingerprint density at radius 3 is 3.04 bits per heavy atom. The molecule has 1 fully saturated rings. The average Bonchev–Trinajstić information content (AvgIpc) is 3.06. The Morgan fingerprint density at radius 1 is 1.43 bits per heavy atom. The minimum atomic E-state index is -0.150. The zero-order valence-corrected chi connectivity index (χ0v) is 14.3. The number of amides is 1. The van der Waals surface area contributed by atoms with Gasteiger partial charge in [-0.05, 0) is 42.9 Å². The van der Waals surface area contributed by atoms with E-state index in [0.717, 1.165) is 5.52 Å². The van der Waals surface area contributed by atoms with Crippen LogP contribution in [0.15, 0.2) is 29.1 Å². The van der Waals surface area contributed by atoms with Crippen LogP contribution in [0.5, 0.6) is 0 Å². The van der Waals surface area contributed by atoms with E-state index in [-0.39, 0.29) is 17.9 Å². The molecule has 1 atom stereocenters. The van der Waals surface area contributed by atoms with Gasteiger partial charge in [0.05, 0.1) is 10.9 Å². The number of hydrogen-bond donors (Lipinski definition) is 2. The first-order valence-electron chi connectivity index (χ1n) is 7.75. The van der Waals surface area contributed by atoms with E-state index in [9.17, 15) is 9.59 Å². The fraction of sp³-hybridized carbons (Fsp3) is 0.438. The Balaban J connectivity index is 1.65. The van der Waals surface area contributed by atoms with Crippen LogP contribution >= 0.6 is 24.0 Å². The summed E-state index contributed by atoms with van der Waals surface area (Å²) in [6.45, 7) is 1.01. The van der Waals surface area contributed by atoms with Crippen molar-refractivity contribution in [2.75, 3.05) is 12.3 Å². The Bertz CT molecular complexity index is 822. The van der Waals surface area contributed by atoms with E-state index in [0.29, 0.717) is 28.5 Å². The summed E-state index contributed by atoms with van der Waals surface area (Å²) in [7, 11) is 0. The van der Waals surface area contributed by atoms with Gasteiger partial charge in [-0.1, -0.05) is 12.1 Å². The van der Waals surface area contributed by atoms with Gasteiger partial charge in [-0.2, -0.15) is 11.8 Å². The highest BCUT2D eigenvalue weighted by Gasteiger charge is 2.16. The van der Waals surface area contributed by atoms with Crippen molar-refractivity contribution in [2.45, 2.75) is 31.1 Å². The molecule has 1 aromatic carbocycles. The van der Waals surface area contributed by atoms with Crippen molar-refractivity contribution in [1.29, 1.82) is 0 Å². The highest BCUT2D eigenvalue weighted by atomic mass is 32.2. The van der Waals surface area contributed by atoms with Crippen LogP contribution in [0.3, 0.4) is 0 Å². The van der Waals surface area contributed by atoms with Crippen LogP contribution in [0, 0.1) is 4.77 Å². The number of thioether (sulfide) groups is 1. The van der Waals surface area contributed by atoms with Gasteiger partial charge in [-0.3, -0.25) is 14.2 Å². The Hall–Kier alpha value is -1.60. The summed E-state index contributed by atoms with van der Waals surface area (Å²) in [6, 6.07) is 7.25. The molecule has 5 nitrogen and oxygen atoms in total. The molecule has 1 aliphatic rings. The minimum absolute atomic E-state index is 0.0352. The van der Waals surface area contributed by atoms with Gasteiger partial charge in [-0.25, -0.2) is 0 Å². The molecule has 0 unspecified atom stereocenters. The van der Waals surface area contributed by atoms with Crippen LogP contribution in [0.1, 0.15) is 19.3 Å². The van der Waals surface area contributed by atoms with E-state index in [4.69, 9.17) is 12.2 Å². The Kier molecular flexibility index (Phi) is 5.17. The van der Waals surface area contributed by atoms with Crippen molar-refractivity contribution < 1.29 is 4.79 Å². The molecule has 23 heavy (non-hydrogen) atoms. The first kappa shape index (κ1) is 16.3. The largest absolute Gasteiger partial charge is 0.355 e. The normalized spacial score (nSPS) is 17.5. The molecule has 0 aliphatic carbocycles. The summed E-state index contributed by atoms with van der Waals surface area (Å²) < 4.78 is 1.81. The molecule has 0 spiro atoms. The Labute approximate surface area is 143 Å². The van der Waals surface area contributed by atoms with Gasteiger partial charge >= 0.3 is 0 Å². The number of nitrogens with one attached hydrogen (secondary N) is 2. The number of hydrogen-bond acceptors (Lipinski definition) is 4. The first-order chi connectivity index (χ1) is 11.1. The third-order valence-electron chi connectivity index (χ3n) is 4.00. The van der Waals surface area contributed by atoms with Crippen molar-refractivity contribution in [3.8, 4) is 0 Å². The number of carbonyl (C=O) groups is 1. The van der Waals surface area contributed by atoms with Crippen LogP contribution in [-0.4, -0.2) is 33.0 Å². The number of H-pyrrole nitrogens is 1. The smallest absolute Gasteiger partial charge is 0.262 e. The van der Waals surface area contributed by atoms with Crippen molar-refractivity contribution in [3.63, 3.8) is 0 Å². The van der Waals surface area contributed by atoms with Crippen LogP contribution in [0.4, 0.5) is 0 Å². The number of aromatic amines is 1. The standard InChI is InChI=1S/C16H19N3O2S2/c20-14(17-10-11-4-3-9-23-11)7-8-19-15(21)12-5-1-2-6-13(12)18-16(19)22/h1-2,5-6,11H,3-4,7-10H2,(H,17,20)(H,18,22)/t11-/m0/s1. The molecule has 122 valence electrons. The number of benzene rings is 1. The van der Waals surface area contributed by atoms with Crippen LogP contribution in [0.2, 0.25) is 0 Å². The fourth-order valence-corrected chi connectivity index (χ4v) is 4.22. The van der Waals surface area contributed by atoms with Gasteiger partial charge < -0.3 is 10.3 Å². The lowest BCUT2D eigenvalue weighted by molar-refractivity contribution is -0.121. The lowest BCUT2D eigenvalue weighted by Gasteiger charge is -2.11. The molecule has 3 rings (SSSR count). The molecule has 2 N–H and O–H groups in total. The Morgan fingerprint density at radius 2 is 2.26 bits per heavy atom. The minimum Gasteiger partial charge on any atom is -0.355 e. The average molecular weight is 349 g/mol. The maximum atomic E-state index is 12.5. The molecule has 2 heterocycles. The predicted octanol–water partition coefficient (Wildman–Crippen LogP) is 2.46. The van der Waals surface area contributed by atoms with Gasteiger partial charge in [0, 0.05) is 24.8 Å². The second kappa shape index (κ2) is 7.31. The summed E-state index contributed by atoms with van der Waals surface area (Å²) in [5.41, 5.74) is 0.574. The topological polar surface area (TPSA) is 66.9 Å². The zero-order chi connectivity index (χ0) is 16.2. The molecule has 1 amide bonds. The SMILES string of the molecule is O=C(CCn1c(=S)[nH]c2ccccc2c1=O)NC[C@@H]1CCCS1. The van der Waals surface area contributed by atoms with E-state index in [2.05, 4.69) is 10.3 Å². The van der Waals surface area contributed by atoms with Crippen molar-refractivity contribution in [1.82, 2.24) is 14.9 Å². The van der Waals surface area contributed by atoms with Crippen molar-refractivity contribution in [3.05, 3.63) is 39.4 Å². The summed E-state index contributed by atoms with van der Waals surface area (Å²) in [5, 5.41) is 4.07. The van der Waals surface area contributed by atoms with Crippen LogP contribution in [0.25, 0.3) is 10.9 Å². The molecule has 1 saturated heterocycles. The summed E-state index contributed by atoms with van der Waals surface area (Å²) >= 11 is 7.16. The highest BCUT2D eigenvalue weighted by molar-refractivity contribution is 8.00. The quantitative estimate of drug-likeness (QED) is 0.814. The number of nitrogens with zero attached hydrogens (tertiary/aromatic N) is 1. The van der Waals surface area contributed by atoms with E-state index in [1.807, 2.05) is 30.0 Å².